The summed E-state index contributed by atoms with van der Waals surface area (Å²) >= 11 is 0. The summed E-state index contributed by atoms with van der Waals surface area (Å²) in [4.78, 5) is 17.1. The minimum Gasteiger partial charge on any atom is -0.468 e. The summed E-state index contributed by atoms with van der Waals surface area (Å²) in [5.41, 5.74) is 1.20. The minimum atomic E-state index is -3.75. The van der Waals surface area contributed by atoms with Gasteiger partial charge in [0.05, 0.1) is 17.7 Å². The Hall–Kier alpha value is -2.16. The van der Waals surface area contributed by atoms with Gasteiger partial charge in [-0.15, -0.1) is 0 Å². The number of sulfonamides is 1. The molecular formula is C20H27N3O4S. The van der Waals surface area contributed by atoms with E-state index >= 15 is 0 Å². The number of carbonyl (C=O) groups excluding carboxylic acids is 1. The summed E-state index contributed by atoms with van der Waals surface area (Å²) < 4.78 is 33.0. The predicted molar refractivity (Wildman–Crippen MR) is 107 cm³/mol. The summed E-state index contributed by atoms with van der Waals surface area (Å²) in [5, 5.41) is 0. The third-order valence-electron chi connectivity index (χ3n) is 5.18. The quantitative estimate of drug-likeness (QED) is 0.797. The van der Waals surface area contributed by atoms with Gasteiger partial charge in [-0.3, -0.25) is 4.79 Å². The molecule has 0 spiro atoms. The second kappa shape index (κ2) is 8.46. The molecule has 1 fully saturated rings. The number of hydrogen-bond acceptors (Lipinski definition) is 5. The first-order chi connectivity index (χ1) is 13.3. The Labute approximate surface area is 166 Å². The van der Waals surface area contributed by atoms with Crippen molar-refractivity contribution >= 4 is 15.9 Å². The maximum absolute atomic E-state index is 13.1. The van der Waals surface area contributed by atoms with E-state index in [0.29, 0.717) is 30.5 Å². The molecule has 1 aromatic heterocycles. The number of likely N-dealkylation sites (tertiary alicyclic amines) is 1. The van der Waals surface area contributed by atoms with Crippen LogP contribution in [-0.4, -0.2) is 57.4 Å². The normalized spacial score (nSPS) is 17.9. The number of nitrogens with zero attached hydrogens (tertiary/aromatic N) is 2. The zero-order valence-corrected chi connectivity index (χ0v) is 17.3. The molecule has 1 atom stereocenters. The van der Waals surface area contributed by atoms with Crippen molar-refractivity contribution < 1.29 is 17.6 Å². The maximum Gasteiger partial charge on any atom is 0.254 e. The van der Waals surface area contributed by atoms with E-state index in [4.69, 9.17) is 4.42 Å². The first-order valence-corrected chi connectivity index (χ1v) is 10.8. The fourth-order valence-corrected chi connectivity index (χ4v) is 4.41. The largest absolute Gasteiger partial charge is 0.468 e. The zero-order valence-electron chi connectivity index (χ0n) is 16.5. The van der Waals surface area contributed by atoms with Crippen molar-refractivity contribution in [1.29, 1.82) is 0 Å². The van der Waals surface area contributed by atoms with E-state index in [0.717, 1.165) is 18.4 Å². The number of aryl methyl sites for hydroxylation is 1. The molecule has 1 amide bonds. The molecule has 8 heteroatoms. The van der Waals surface area contributed by atoms with E-state index in [1.165, 1.54) is 18.4 Å². The van der Waals surface area contributed by atoms with Gasteiger partial charge in [-0.1, -0.05) is 6.07 Å². The average molecular weight is 406 g/mol. The molecule has 2 heterocycles. The molecule has 1 aromatic carbocycles. The topological polar surface area (TPSA) is 82.9 Å². The first kappa shape index (κ1) is 20.6. The van der Waals surface area contributed by atoms with Crippen LogP contribution in [0.4, 0.5) is 0 Å². The van der Waals surface area contributed by atoms with E-state index in [1.54, 1.807) is 18.2 Å². The second-order valence-corrected chi connectivity index (χ2v) is 9.16. The van der Waals surface area contributed by atoms with Crippen molar-refractivity contribution in [2.24, 2.45) is 0 Å². The van der Waals surface area contributed by atoms with Crippen LogP contribution in [0.25, 0.3) is 0 Å². The number of likely N-dealkylation sites (N-methyl/N-ethyl adjacent to an activating group) is 1. The van der Waals surface area contributed by atoms with Crippen LogP contribution in [0.5, 0.6) is 0 Å². The van der Waals surface area contributed by atoms with Crippen LogP contribution in [0.3, 0.4) is 0 Å². The van der Waals surface area contributed by atoms with Crippen LogP contribution in [-0.2, 0) is 16.6 Å². The average Bonchev–Trinajstić information content (AvgIpc) is 3.20. The molecule has 7 nitrogen and oxygen atoms in total. The third kappa shape index (κ3) is 4.63. The minimum absolute atomic E-state index is 0.0587. The molecule has 0 radical (unpaired) electrons. The van der Waals surface area contributed by atoms with E-state index in [9.17, 15) is 13.2 Å². The van der Waals surface area contributed by atoms with Crippen LogP contribution in [0.2, 0.25) is 0 Å². The molecule has 1 unspecified atom stereocenters. The van der Waals surface area contributed by atoms with Crippen molar-refractivity contribution in [2.75, 3.05) is 27.2 Å². The van der Waals surface area contributed by atoms with Gasteiger partial charge in [-0.05, 0) is 63.7 Å². The van der Waals surface area contributed by atoms with Gasteiger partial charge in [-0.2, -0.15) is 0 Å². The van der Waals surface area contributed by atoms with Crippen LogP contribution in [0.1, 0.15) is 34.5 Å². The van der Waals surface area contributed by atoms with Crippen molar-refractivity contribution in [3.63, 3.8) is 0 Å². The van der Waals surface area contributed by atoms with Crippen molar-refractivity contribution in [2.45, 2.75) is 37.2 Å². The lowest BCUT2D eigenvalue weighted by Crippen LogP contribution is -2.47. The summed E-state index contributed by atoms with van der Waals surface area (Å²) in [6, 6.07) is 8.40. The highest BCUT2D eigenvalue weighted by molar-refractivity contribution is 7.89. The maximum atomic E-state index is 13.1. The van der Waals surface area contributed by atoms with E-state index < -0.39 is 10.0 Å². The summed E-state index contributed by atoms with van der Waals surface area (Å²) in [6.07, 6.45) is 3.49. The number of benzene rings is 1. The monoisotopic (exact) mass is 405 g/mol. The van der Waals surface area contributed by atoms with Gasteiger partial charge in [0.15, 0.2) is 0 Å². The Bertz CT molecular complexity index is 923. The van der Waals surface area contributed by atoms with Gasteiger partial charge in [0, 0.05) is 24.7 Å². The van der Waals surface area contributed by atoms with Crippen molar-refractivity contribution in [1.82, 2.24) is 14.5 Å². The number of hydrogen-bond donors (Lipinski definition) is 1. The van der Waals surface area contributed by atoms with Gasteiger partial charge in [0.1, 0.15) is 5.76 Å². The fourth-order valence-electron chi connectivity index (χ4n) is 3.39. The lowest BCUT2D eigenvalue weighted by atomic mass is 10.0. The third-order valence-corrected chi connectivity index (χ3v) is 6.58. The highest BCUT2D eigenvalue weighted by atomic mass is 32.2. The van der Waals surface area contributed by atoms with Gasteiger partial charge in [0.2, 0.25) is 10.0 Å². The molecule has 1 aliphatic rings. The molecule has 1 saturated heterocycles. The molecule has 2 aromatic rings. The lowest BCUT2D eigenvalue weighted by Gasteiger charge is -2.36. The Morgan fingerprint density at radius 3 is 2.79 bits per heavy atom. The van der Waals surface area contributed by atoms with Crippen LogP contribution in [0, 0.1) is 6.92 Å². The molecule has 1 N–H and O–H groups in total. The number of amides is 1. The smallest absolute Gasteiger partial charge is 0.254 e. The molecule has 1 aliphatic heterocycles. The fraction of sp³-hybridized carbons (Fsp3) is 0.450. The number of nitrogens with one attached hydrogen (secondary N) is 1. The number of furan rings is 1. The standard InChI is InChI=1S/C20H27N3O4S/c1-15-8-9-18(28(25,26)21-13-17-7-5-11-27-17)12-19(15)20(24)23-10-4-6-16(14-23)22(2)3/h5,7-9,11-12,16,21H,4,6,10,13-14H2,1-3H3. The SMILES string of the molecule is Cc1ccc(S(=O)(=O)NCc2ccco2)cc1C(=O)N1CCCC(N(C)C)C1. The van der Waals surface area contributed by atoms with Crippen molar-refractivity contribution in [3.05, 3.63) is 53.5 Å². The van der Waals surface area contributed by atoms with E-state index in [1.807, 2.05) is 25.9 Å². The number of carbonyl (C=O) groups is 1. The Morgan fingerprint density at radius 1 is 1.32 bits per heavy atom. The zero-order chi connectivity index (χ0) is 20.3. The highest BCUT2D eigenvalue weighted by Crippen LogP contribution is 2.21. The van der Waals surface area contributed by atoms with E-state index in [-0.39, 0.29) is 17.3 Å². The van der Waals surface area contributed by atoms with Gasteiger partial charge < -0.3 is 14.2 Å². The summed E-state index contributed by atoms with van der Waals surface area (Å²) in [7, 11) is 0.278. The molecule has 0 saturated carbocycles. The second-order valence-electron chi connectivity index (χ2n) is 7.39. The predicted octanol–water partition coefficient (Wildman–Crippen LogP) is 2.23. The summed E-state index contributed by atoms with van der Waals surface area (Å²) in [5.74, 6) is 0.405. The van der Waals surface area contributed by atoms with Crippen LogP contribution >= 0.6 is 0 Å². The molecular weight excluding hydrogens is 378 g/mol. The van der Waals surface area contributed by atoms with Gasteiger partial charge in [-0.25, -0.2) is 13.1 Å². The van der Waals surface area contributed by atoms with Gasteiger partial charge in [0.25, 0.3) is 5.91 Å². The summed E-state index contributed by atoms with van der Waals surface area (Å²) in [6.45, 7) is 3.23. The van der Waals surface area contributed by atoms with Crippen LogP contribution < -0.4 is 4.72 Å². The Balaban J connectivity index is 1.79. The molecule has 28 heavy (non-hydrogen) atoms. The van der Waals surface area contributed by atoms with Crippen LogP contribution in [0.15, 0.2) is 45.9 Å². The van der Waals surface area contributed by atoms with Crippen molar-refractivity contribution in [3.8, 4) is 0 Å². The Kier molecular flexibility index (Phi) is 6.22. The molecule has 0 bridgehead atoms. The first-order valence-electron chi connectivity index (χ1n) is 9.36. The Morgan fingerprint density at radius 2 is 2.11 bits per heavy atom. The highest BCUT2D eigenvalue weighted by Gasteiger charge is 2.27. The van der Waals surface area contributed by atoms with Gasteiger partial charge >= 0.3 is 0 Å². The van der Waals surface area contributed by atoms with E-state index in [2.05, 4.69) is 9.62 Å². The number of piperidine rings is 1. The lowest BCUT2D eigenvalue weighted by molar-refractivity contribution is 0.0634. The molecule has 152 valence electrons. The molecule has 3 rings (SSSR count). The number of rotatable bonds is 6. The molecule has 0 aliphatic carbocycles.